The van der Waals surface area contributed by atoms with Crippen molar-refractivity contribution in [1.29, 1.82) is 0 Å². The lowest BCUT2D eigenvalue weighted by atomic mass is 10.0. The lowest BCUT2D eigenvalue weighted by Gasteiger charge is -2.04. The molecule has 0 unspecified atom stereocenters. The van der Waals surface area contributed by atoms with E-state index in [1.165, 1.54) is 17.4 Å². The normalized spacial score (nSPS) is 10.8. The molecule has 0 atom stereocenters. The second-order valence-corrected chi connectivity index (χ2v) is 7.54. The van der Waals surface area contributed by atoms with Crippen LogP contribution in [0.4, 0.5) is 5.13 Å². The molecule has 6 nitrogen and oxygen atoms in total. The first-order chi connectivity index (χ1) is 13.6. The van der Waals surface area contributed by atoms with Crippen LogP contribution in [0.3, 0.4) is 0 Å². The molecule has 0 spiro atoms. The molecule has 2 amide bonds. The molecule has 2 aromatic carbocycles. The van der Waals surface area contributed by atoms with Gasteiger partial charge in [-0.25, -0.2) is 4.98 Å². The molecule has 0 radical (unpaired) electrons. The van der Waals surface area contributed by atoms with Gasteiger partial charge in [-0.15, -0.1) is 11.3 Å². The minimum atomic E-state index is -0.462. The van der Waals surface area contributed by atoms with Crippen LogP contribution in [0, 0.1) is 0 Å². The van der Waals surface area contributed by atoms with Crippen molar-refractivity contribution in [2.75, 3.05) is 11.9 Å². The maximum absolute atomic E-state index is 12.1. The first-order valence-electron chi connectivity index (χ1n) is 8.37. The van der Waals surface area contributed by atoms with Crippen LogP contribution in [-0.4, -0.2) is 23.3 Å². The molecule has 0 fully saturated rings. The Labute approximate surface area is 172 Å². The third-order valence-electron chi connectivity index (χ3n) is 4.02. The Kier molecular flexibility index (Phi) is 5.23. The molecule has 2 aromatic heterocycles. The molecule has 0 aliphatic heterocycles. The zero-order valence-electron chi connectivity index (χ0n) is 14.4. The summed E-state index contributed by atoms with van der Waals surface area (Å²) < 4.78 is 5.60. The summed E-state index contributed by atoms with van der Waals surface area (Å²) in [7, 11) is 0. The fraction of sp³-hybridized carbons (Fsp3) is 0.0500. The average molecular weight is 456 g/mol. The van der Waals surface area contributed by atoms with E-state index >= 15 is 0 Å². The van der Waals surface area contributed by atoms with Crippen LogP contribution < -0.4 is 10.6 Å². The van der Waals surface area contributed by atoms with E-state index in [4.69, 9.17) is 4.42 Å². The number of fused-ring (bicyclic) bond motifs is 1. The van der Waals surface area contributed by atoms with Gasteiger partial charge in [-0.05, 0) is 38.8 Å². The molecule has 0 saturated heterocycles. The second-order valence-electron chi connectivity index (χ2n) is 5.90. The maximum atomic E-state index is 12.1. The Morgan fingerprint density at radius 1 is 1.07 bits per heavy atom. The van der Waals surface area contributed by atoms with Gasteiger partial charge in [0.2, 0.25) is 5.91 Å². The number of carbonyl (C=O) groups excluding carboxylic acids is 2. The van der Waals surface area contributed by atoms with Crippen molar-refractivity contribution in [2.24, 2.45) is 0 Å². The topological polar surface area (TPSA) is 84.2 Å². The first-order valence-corrected chi connectivity index (χ1v) is 10.0. The summed E-state index contributed by atoms with van der Waals surface area (Å²) in [5.74, 6) is -0.693. The zero-order chi connectivity index (χ0) is 19.5. The van der Waals surface area contributed by atoms with E-state index in [-0.39, 0.29) is 18.2 Å². The third-order valence-corrected chi connectivity index (χ3v) is 5.21. The van der Waals surface area contributed by atoms with Crippen LogP contribution in [0.15, 0.2) is 69.1 Å². The van der Waals surface area contributed by atoms with Crippen LogP contribution in [0.1, 0.15) is 10.6 Å². The highest BCUT2D eigenvalue weighted by Gasteiger charge is 2.13. The molecular weight excluding hydrogens is 442 g/mol. The number of rotatable bonds is 5. The van der Waals surface area contributed by atoms with Gasteiger partial charge in [0.05, 0.1) is 12.2 Å². The van der Waals surface area contributed by atoms with Gasteiger partial charge in [-0.1, -0.05) is 42.5 Å². The molecule has 0 saturated carbocycles. The van der Waals surface area contributed by atoms with Crippen molar-refractivity contribution >= 4 is 55.0 Å². The standard InChI is InChI=1S/C20H14BrN3O3S/c21-17-9-8-16(27-17)19(26)22-10-18(25)24-20-23-15(11-28-20)14-7-3-5-12-4-1-2-6-13(12)14/h1-9,11H,10H2,(H,22,26)(H,23,24,25). The SMILES string of the molecule is O=C(CNC(=O)c1ccc(Br)o1)Nc1nc(-c2cccc3ccccc23)cs1. The van der Waals surface area contributed by atoms with E-state index in [1.807, 2.05) is 47.8 Å². The van der Waals surface area contributed by atoms with E-state index in [9.17, 15) is 9.59 Å². The number of nitrogens with zero attached hydrogens (tertiary/aromatic N) is 1. The highest BCUT2D eigenvalue weighted by Crippen LogP contribution is 2.30. The van der Waals surface area contributed by atoms with Crippen molar-refractivity contribution < 1.29 is 14.0 Å². The number of halogens is 1. The average Bonchev–Trinajstić information content (AvgIpc) is 3.35. The van der Waals surface area contributed by atoms with E-state index in [0.717, 1.165) is 22.0 Å². The van der Waals surface area contributed by atoms with Gasteiger partial charge in [-0.3, -0.25) is 9.59 Å². The summed E-state index contributed by atoms with van der Waals surface area (Å²) >= 11 is 4.46. The van der Waals surface area contributed by atoms with Gasteiger partial charge in [-0.2, -0.15) is 0 Å². The summed E-state index contributed by atoms with van der Waals surface area (Å²) in [6.45, 7) is -0.180. The van der Waals surface area contributed by atoms with Crippen LogP contribution >= 0.6 is 27.3 Å². The van der Waals surface area contributed by atoms with Crippen molar-refractivity contribution in [2.45, 2.75) is 0 Å². The zero-order valence-corrected chi connectivity index (χ0v) is 16.8. The molecule has 0 aliphatic rings. The molecular formula is C20H14BrN3O3S. The smallest absolute Gasteiger partial charge is 0.287 e. The lowest BCUT2D eigenvalue weighted by molar-refractivity contribution is -0.115. The predicted octanol–water partition coefficient (Wildman–Crippen LogP) is 4.69. The summed E-state index contributed by atoms with van der Waals surface area (Å²) in [6.07, 6.45) is 0. The Bertz CT molecular complexity index is 1160. The van der Waals surface area contributed by atoms with Crippen LogP contribution in [0.5, 0.6) is 0 Å². The van der Waals surface area contributed by atoms with Gasteiger partial charge in [0.15, 0.2) is 15.6 Å². The quantitative estimate of drug-likeness (QED) is 0.457. The second kappa shape index (κ2) is 7.95. The molecule has 2 N–H and O–H groups in total. The molecule has 0 bridgehead atoms. The molecule has 2 heterocycles. The number of furan rings is 1. The fourth-order valence-electron chi connectivity index (χ4n) is 2.75. The largest absolute Gasteiger partial charge is 0.444 e. The molecule has 4 rings (SSSR count). The number of amides is 2. The van der Waals surface area contributed by atoms with Crippen LogP contribution in [-0.2, 0) is 4.79 Å². The van der Waals surface area contributed by atoms with E-state index < -0.39 is 5.91 Å². The highest BCUT2D eigenvalue weighted by atomic mass is 79.9. The summed E-state index contributed by atoms with van der Waals surface area (Å²) in [6, 6.07) is 17.2. The first kappa shape index (κ1) is 18.4. The number of aromatic nitrogens is 1. The fourth-order valence-corrected chi connectivity index (χ4v) is 3.78. The monoisotopic (exact) mass is 455 g/mol. The molecule has 4 aromatic rings. The number of thiazole rings is 1. The molecule has 8 heteroatoms. The van der Waals surface area contributed by atoms with Gasteiger partial charge >= 0.3 is 0 Å². The minimum Gasteiger partial charge on any atom is -0.444 e. The number of anilines is 1. The van der Waals surface area contributed by atoms with Crippen molar-refractivity contribution in [3.63, 3.8) is 0 Å². The third kappa shape index (κ3) is 3.97. The Morgan fingerprint density at radius 2 is 1.89 bits per heavy atom. The Hall–Kier alpha value is -2.97. The van der Waals surface area contributed by atoms with Crippen molar-refractivity contribution in [1.82, 2.24) is 10.3 Å². The van der Waals surface area contributed by atoms with E-state index in [0.29, 0.717) is 9.80 Å². The van der Waals surface area contributed by atoms with Gasteiger partial charge in [0.25, 0.3) is 5.91 Å². The number of benzene rings is 2. The lowest BCUT2D eigenvalue weighted by Crippen LogP contribution is -2.32. The highest BCUT2D eigenvalue weighted by molar-refractivity contribution is 9.10. The number of hydrogen-bond acceptors (Lipinski definition) is 5. The molecule has 28 heavy (non-hydrogen) atoms. The molecule has 140 valence electrons. The summed E-state index contributed by atoms with van der Waals surface area (Å²) in [5.41, 5.74) is 1.80. The molecule has 0 aliphatic carbocycles. The van der Waals surface area contributed by atoms with Gasteiger partial charge in [0, 0.05) is 10.9 Å². The number of nitrogens with one attached hydrogen (secondary N) is 2. The van der Waals surface area contributed by atoms with E-state index in [1.54, 1.807) is 6.07 Å². The Morgan fingerprint density at radius 3 is 2.71 bits per heavy atom. The van der Waals surface area contributed by atoms with Gasteiger partial charge in [0.1, 0.15) is 0 Å². The van der Waals surface area contributed by atoms with Crippen LogP contribution in [0.2, 0.25) is 0 Å². The number of carbonyl (C=O) groups is 2. The van der Waals surface area contributed by atoms with E-state index in [2.05, 4.69) is 31.5 Å². The summed E-state index contributed by atoms with van der Waals surface area (Å²) in [5, 5.41) is 9.82. The number of hydrogen-bond donors (Lipinski definition) is 2. The predicted molar refractivity (Wildman–Crippen MR) is 112 cm³/mol. The van der Waals surface area contributed by atoms with Gasteiger partial charge < -0.3 is 15.1 Å². The summed E-state index contributed by atoms with van der Waals surface area (Å²) in [4.78, 5) is 28.5. The van der Waals surface area contributed by atoms with Crippen LogP contribution in [0.25, 0.3) is 22.0 Å². The maximum Gasteiger partial charge on any atom is 0.287 e. The van der Waals surface area contributed by atoms with Crippen molar-refractivity contribution in [3.05, 3.63) is 70.4 Å². The Balaban J connectivity index is 1.42. The van der Waals surface area contributed by atoms with Crippen molar-refractivity contribution in [3.8, 4) is 11.3 Å². The minimum absolute atomic E-state index is 0.132.